The number of nitrogens with zero attached hydrogens (tertiary/aromatic N) is 2. The second kappa shape index (κ2) is 8.21. The molecule has 1 aromatic heterocycles. The molecule has 5 nitrogen and oxygen atoms in total. The van der Waals surface area contributed by atoms with Crippen molar-refractivity contribution in [1.29, 1.82) is 0 Å². The first-order valence-corrected chi connectivity index (χ1v) is 10.2. The number of hydrogen-bond acceptors (Lipinski definition) is 4. The van der Waals surface area contributed by atoms with Crippen LogP contribution in [0.1, 0.15) is 66.2 Å². The van der Waals surface area contributed by atoms with Crippen molar-refractivity contribution in [3.8, 4) is 11.3 Å². The number of carbonyl (C=O) groups excluding carboxylic acids is 1. The first-order chi connectivity index (χ1) is 14.1. The van der Waals surface area contributed by atoms with Crippen molar-refractivity contribution in [2.24, 2.45) is 5.73 Å². The van der Waals surface area contributed by atoms with Gasteiger partial charge in [-0.05, 0) is 30.5 Å². The summed E-state index contributed by atoms with van der Waals surface area (Å²) in [6.07, 6.45) is 1.80. The van der Waals surface area contributed by atoms with E-state index >= 15 is 0 Å². The number of carbonyl (C=O) groups is 1. The van der Waals surface area contributed by atoms with E-state index in [1.807, 2.05) is 59.5 Å². The van der Waals surface area contributed by atoms with Gasteiger partial charge in [-0.3, -0.25) is 4.79 Å². The van der Waals surface area contributed by atoms with Crippen molar-refractivity contribution in [2.75, 3.05) is 6.54 Å². The lowest BCUT2D eigenvalue weighted by atomic mass is 10.0. The number of amides is 1. The summed E-state index contributed by atoms with van der Waals surface area (Å²) in [6.45, 7) is 5.39. The van der Waals surface area contributed by atoms with Crippen LogP contribution in [-0.4, -0.2) is 22.3 Å². The Morgan fingerprint density at radius 2 is 1.90 bits per heavy atom. The highest BCUT2D eigenvalue weighted by atomic mass is 16.4. The molecule has 0 aliphatic carbocycles. The highest BCUT2D eigenvalue weighted by Crippen LogP contribution is 2.37. The van der Waals surface area contributed by atoms with Crippen LogP contribution in [0.3, 0.4) is 0 Å². The van der Waals surface area contributed by atoms with Crippen molar-refractivity contribution in [3.63, 3.8) is 0 Å². The lowest BCUT2D eigenvalue weighted by molar-refractivity contribution is 0.0714. The summed E-state index contributed by atoms with van der Waals surface area (Å²) in [6, 6.07) is 17.5. The number of rotatable bonds is 5. The third kappa shape index (κ3) is 3.83. The Balaban J connectivity index is 1.65. The zero-order chi connectivity index (χ0) is 20.4. The molecule has 1 fully saturated rings. The normalized spacial score (nSPS) is 16.6. The number of nitrogens with two attached hydrogens (primary N) is 1. The highest BCUT2D eigenvalue weighted by molar-refractivity contribution is 5.94. The smallest absolute Gasteiger partial charge is 0.254 e. The maximum absolute atomic E-state index is 13.2. The van der Waals surface area contributed by atoms with Crippen LogP contribution in [0.4, 0.5) is 0 Å². The molecular weight excluding hydrogens is 362 g/mol. The maximum atomic E-state index is 13.2. The van der Waals surface area contributed by atoms with E-state index in [4.69, 9.17) is 15.1 Å². The Morgan fingerprint density at radius 1 is 1.17 bits per heavy atom. The third-order valence-corrected chi connectivity index (χ3v) is 5.48. The summed E-state index contributed by atoms with van der Waals surface area (Å²) in [5.41, 5.74) is 9.28. The third-order valence-electron chi connectivity index (χ3n) is 5.48. The van der Waals surface area contributed by atoms with Crippen LogP contribution in [0.15, 0.2) is 59.0 Å². The molecule has 2 N–H and O–H groups in total. The summed E-state index contributed by atoms with van der Waals surface area (Å²) in [5, 5.41) is 0. The highest BCUT2D eigenvalue weighted by Gasteiger charge is 2.35. The largest absolute Gasteiger partial charge is 0.442 e. The number of hydrogen-bond donors (Lipinski definition) is 1. The second-order valence-corrected chi connectivity index (χ2v) is 7.84. The number of aromatic nitrogens is 1. The van der Waals surface area contributed by atoms with E-state index in [0.717, 1.165) is 35.4 Å². The molecule has 5 heteroatoms. The molecule has 1 aliphatic rings. The van der Waals surface area contributed by atoms with Crippen LogP contribution in [0.2, 0.25) is 0 Å². The van der Waals surface area contributed by atoms with Gasteiger partial charge < -0.3 is 15.1 Å². The minimum Gasteiger partial charge on any atom is -0.442 e. The molecule has 29 heavy (non-hydrogen) atoms. The Kier molecular flexibility index (Phi) is 5.49. The van der Waals surface area contributed by atoms with E-state index in [1.54, 1.807) is 0 Å². The second-order valence-electron chi connectivity index (χ2n) is 7.84. The molecule has 1 saturated heterocycles. The monoisotopic (exact) mass is 389 g/mol. The summed E-state index contributed by atoms with van der Waals surface area (Å²) in [7, 11) is 0. The molecule has 1 atom stereocenters. The van der Waals surface area contributed by atoms with E-state index in [9.17, 15) is 4.79 Å². The van der Waals surface area contributed by atoms with Gasteiger partial charge in [0.05, 0.1) is 0 Å². The minimum atomic E-state index is -0.133. The van der Waals surface area contributed by atoms with Crippen molar-refractivity contribution < 1.29 is 9.21 Å². The van der Waals surface area contributed by atoms with Gasteiger partial charge in [0.25, 0.3) is 5.91 Å². The van der Waals surface area contributed by atoms with Gasteiger partial charge in [0.2, 0.25) is 5.89 Å². The molecular formula is C24H27N3O2. The van der Waals surface area contributed by atoms with E-state index in [1.165, 1.54) is 0 Å². The summed E-state index contributed by atoms with van der Waals surface area (Å²) in [5.74, 6) is 1.73. The Bertz CT molecular complexity index is 977. The molecule has 0 radical (unpaired) electrons. The van der Waals surface area contributed by atoms with Crippen LogP contribution in [0, 0.1) is 0 Å². The van der Waals surface area contributed by atoms with Crippen LogP contribution >= 0.6 is 0 Å². The van der Waals surface area contributed by atoms with Crippen molar-refractivity contribution in [1.82, 2.24) is 9.88 Å². The maximum Gasteiger partial charge on any atom is 0.254 e. The first kappa shape index (κ1) is 19.4. The zero-order valence-electron chi connectivity index (χ0n) is 17.0. The number of oxazole rings is 1. The molecule has 0 bridgehead atoms. The molecule has 0 spiro atoms. The van der Waals surface area contributed by atoms with Gasteiger partial charge in [0.15, 0.2) is 0 Å². The predicted octanol–water partition coefficient (Wildman–Crippen LogP) is 4.90. The molecule has 4 rings (SSSR count). The quantitative estimate of drug-likeness (QED) is 0.673. The van der Waals surface area contributed by atoms with E-state index in [-0.39, 0.29) is 17.9 Å². The molecule has 0 saturated carbocycles. The van der Waals surface area contributed by atoms with Gasteiger partial charge in [-0.25, -0.2) is 4.98 Å². The molecule has 1 unspecified atom stereocenters. The lowest BCUT2D eigenvalue weighted by Crippen LogP contribution is -2.30. The number of likely N-dealkylation sites (tertiary alicyclic amines) is 1. The minimum absolute atomic E-state index is 0.0154. The topological polar surface area (TPSA) is 72.4 Å². The van der Waals surface area contributed by atoms with Gasteiger partial charge in [-0.1, -0.05) is 56.3 Å². The van der Waals surface area contributed by atoms with Crippen molar-refractivity contribution in [2.45, 2.75) is 45.2 Å². The van der Waals surface area contributed by atoms with Crippen LogP contribution in [0.5, 0.6) is 0 Å². The Hall–Kier alpha value is -2.92. The van der Waals surface area contributed by atoms with E-state index < -0.39 is 0 Å². The average molecular weight is 389 g/mol. The Morgan fingerprint density at radius 3 is 2.55 bits per heavy atom. The van der Waals surface area contributed by atoms with Gasteiger partial charge >= 0.3 is 0 Å². The van der Waals surface area contributed by atoms with Gasteiger partial charge in [-0.2, -0.15) is 0 Å². The fourth-order valence-electron chi connectivity index (χ4n) is 3.90. The van der Waals surface area contributed by atoms with Crippen LogP contribution in [-0.2, 0) is 6.54 Å². The first-order valence-electron chi connectivity index (χ1n) is 10.2. The van der Waals surface area contributed by atoms with Gasteiger partial charge in [0.1, 0.15) is 17.5 Å². The fourth-order valence-corrected chi connectivity index (χ4v) is 3.90. The molecule has 3 aromatic rings. The number of benzene rings is 2. The van der Waals surface area contributed by atoms with Gasteiger partial charge in [0, 0.05) is 30.1 Å². The standard InChI is InChI=1S/C24H27N3O2/c1-16(2)22-21(18-7-4-3-5-8-18)26-23(29-22)20-9-6-14-27(20)24(28)19-12-10-17(15-25)11-13-19/h3-5,7-8,10-13,16,20H,6,9,14-15,25H2,1-2H3. The summed E-state index contributed by atoms with van der Waals surface area (Å²) in [4.78, 5) is 19.9. The summed E-state index contributed by atoms with van der Waals surface area (Å²) >= 11 is 0. The van der Waals surface area contributed by atoms with Crippen LogP contribution in [0.25, 0.3) is 11.3 Å². The summed E-state index contributed by atoms with van der Waals surface area (Å²) < 4.78 is 6.25. The lowest BCUT2D eigenvalue weighted by Gasteiger charge is -2.22. The van der Waals surface area contributed by atoms with E-state index in [2.05, 4.69) is 13.8 Å². The van der Waals surface area contributed by atoms with Gasteiger partial charge in [-0.15, -0.1) is 0 Å². The van der Waals surface area contributed by atoms with Crippen molar-refractivity contribution >= 4 is 5.91 Å². The zero-order valence-corrected chi connectivity index (χ0v) is 17.0. The molecule has 1 amide bonds. The molecule has 1 aliphatic heterocycles. The van der Waals surface area contributed by atoms with Crippen molar-refractivity contribution in [3.05, 3.63) is 77.4 Å². The molecule has 150 valence electrons. The fraction of sp³-hybridized carbons (Fsp3) is 0.333. The Labute approximate surface area is 171 Å². The van der Waals surface area contributed by atoms with Crippen LogP contribution < -0.4 is 5.73 Å². The molecule has 2 aromatic carbocycles. The SMILES string of the molecule is CC(C)c1oc(C2CCCN2C(=O)c2ccc(CN)cc2)nc1-c1ccccc1. The molecule has 2 heterocycles. The predicted molar refractivity (Wildman–Crippen MR) is 113 cm³/mol. The van der Waals surface area contributed by atoms with E-state index in [0.29, 0.717) is 24.5 Å². The average Bonchev–Trinajstić information content (AvgIpc) is 3.41.